The van der Waals surface area contributed by atoms with E-state index in [1.807, 2.05) is 19.1 Å². The van der Waals surface area contributed by atoms with Crippen LogP contribution in [0.3, 0.4) is 0 Å². The van der Waals surface area contributed by atoms with Gasteiger partial charge in [0.1, 0.15) is 18.2 Å². The van der Waals surface area contributed by atoms with E-state index in [4.69, 9.17) is 32.7 Å². The monoisotopic (exact) mass is 533 g/mol. The fourth-order valence-corrected chi connectivity index (χ4v) is 3.92. The fourth-order valence-electron chi connectivity index (χ4n) is 3.42. The fraction of sp³-hybridized carbons (Fsp3) is 0.111. The third kappa shape index (κ3) is 6.28. The third-order valence-electron chi connectivity index (χ3n) is 5.16. The van der Waals surface area contributed by atoms with E-state index < -0.39 is 5.56 Å². The molecule has 2 N–H and O–H groups in total. The van der Waals surface area contributed by atoms with Gasteiger partial charge in [-0.1, -0.05) is 59.6 Å². The smallest absolute Gasteiger partial charge is 0.270 e. The Labute approximate surface area is 223 Å². The number of H-pyrrole nitrogens is 1. The molecule has 1 aromatic heterocycles. The molecule has 0 aliphatic heterocycles. The molecule has 4 aromatic rings. The number of rotatable bonds is 9. The molecule has 8 nitrogen and oxygen atoms in total. The summed E-state index contributed by atoms with van der Waals surface area (Å²) < 4.78 is 11.7. The van der Waals surface area contributed by atoms with E-state index in [0.29, 0.717) is 44.8 Å². The maximum atomic E-state index is 12.4. The minimum absolute atomic E-state index is 0.0734. The van der Waals surface area contributed by atoms with Crippen molar-refractivity contribution in [3.05, 3.63) is 104 Å². The molecule has 0 unspecified atom stereocenters. The van der Waals surface area contributed by atoms with Crippen molar-refractivity contribution in [1.82, 2.24) is 9.97 Å². The number of hydrogen-bond acceptors (Lipinski definition) is 7. The van der Waals surface area contributed by atoms with Crippen molar-refractivity contribution in [2.24, 2.45) is 5.10 Å². The van der Waals surface area contributed by atoms with Gasteiger partial charge in [0.15, 0.2) is 11.5 Å². The lowest BCUT2D eigenvalue weighted by atomic mass is 10.1. The summed E-state index contributed by atoms with van der Waals surface area (Å²) in [4.78, 5) is 19.3. The molecule has 0 aliphatic carbocycles. The Morgan fingerprint density at radius 2 is 1.81 bits per heavy atom. The number of anilines is 1. The van der Waals surface area contributed by atoms with Gasteiger partial charge in [0, 0.05) is 21.2 Å². The van der Waals surface area contributed by atoms with Crippen LogP contribution in [0.2, 0.25) is 10.0 Å². The summed E-state index contributed by atoms with van der Waals surface area (Å²) in [6, 6.07) is 21.5. The Morgan fingerprint density at radius 1 is 1.05 bits per heavy atom. The van der Waals surface area contributed by atoms with Crippen molar-refractivity contribution in [2.45, 2.75) is 13.5 Å². The lowest BCUT2D eigenvalue weighted by Crippen LogP contribution is -2.16. The Morgan fingerprint density at radius 3 is 2.51 bits per heavy atom. The Balaban J connectivity index is 1.52. The molecule has 0 atom stereocenters. The van der Waals surface area contributed by atoms with Crippen LogP contribution >= 0.6 is 23.2 Å². The highest BCUT2D eigenvalue weighted by Crippen LogP contribution is 2.31. The van der Waals surface area contributed by atoms with Gasteiger partial charge in [-0.05, 0) is 42.8 Å². The summed E-state index contributed by atoms with van der Waals surface area (Å²) in [5.74, 6) is 1.14. The van der Waals surface area contributed by atoms with Gasteiger partial charge in [-0.15, -0.1) is 0 Å². The first-order valence-electron chi connectivity index (χ1n) is 11.2. The van der Waals surface area contributed by atoms with E-state index in [1.54, 1.807) is 60.7 Å². The molecule has 3 aromatic carbocycles. The molecular weight excluding hydrogens is 513 g/mol. The molecule has 0 spiro atoms. The summed E-state index contributed by atoms with van der Waals surface area (Å²) in [7, 11) is 0. The molecular formula is C27H21Cl2N5O3. The van der Waals surface area contributed by atoms with Crippen molar-refractivity contribution in [3.63, 3.8) is 0 Å². The molecule has 1 heterocycles. The Kier molecular flexibility index (Phi) is 8.41. The second-order valence-corrected chi connectivity index (χ2v) is 8.43. The highest BCUT2D eigenvalue weighted by Gasteiger charge is 2.13. The number of aromatic nitrogens is 2. The van der Waals surface area contributed by atoms with Crippen molar-refractivity contribution in [2.75, 3.05) is 12.0 Å². The van der Waals surface area contributed by atoms with Crippen LogP contribution in [0.4, 0.5) is 5.95 Å². The van der Waals surface area contributed by atoms with E-state index in [2.05, 4.69) is 20.5 Å². The summed E-state index contributed by atoms with van der Waals surface area (Å²) in [6.45, 7) is 2.48. The molecule has 0 bridgehead atoms. The zero-order chi connectivity index (χ0) is 26.2. The molecule has 0 amide bonds. The average Bonchev–Trinajstić information content (AvgIpc) is 2.90. The van der Waals surface area contributed by atoms with Gasteiger partial charge in [-0.3, -0.25) is 9.78 Å². The predicted octanol–water partition coefficient (Wildman–Crippen LogP) is 6.04. The number of ether oxygens (including phenoxy) is 2. The minimum atomic E-state index is -0.562. The van der Waals surface area contributed by atoms with Crippen LogP contribution in [-0.2, 0) is 6.61 Å². The second kappa shape index (κ2) is 12.1. The van der Waals surface area contributed by atoms with Gasteiger partial charge < -0.3 is 9.47 Å². The zero-order valence-electron chi connectivity index (χ0n) is 19.7. The van der Waals surface area contributed by atoms with Gasteiger partial charge >= 0.3 is 0 Å². The number of nitrogens with one attached hydrogen (secondary N) is 2. The lowest BCUT2D eigenvalue weighted by molar-refractivity contribution is 0.269. The van der Waals surface area contributed by atoms with Gasteiger partial charge in [-0.25, -0.2) is 10.4 Å². The molecule has 186 valence electrons. The van der Waals surface area contributed by atoms with Crippen LogP contribution in [0.15, 0.2) is 76.6 Å². The number of nitriles is 1. The second-order valence-electron chi connectivity index (χ2n) is 7.61. The van der Waals surface area contributed by atoms with Crippen molar-refractivity contribution >= 4 is 35.4 Å². The Bertz CT molecular complexity index is 1510. The molecule has 0 saturated carbocycles. The molecule has 0 saturated heterocycles. The molecule has 0 aliphatic rings. The standard InChI is InChI=1S/C27H21Cl2N5O3/c1-2-36-24-13-17(11-12-23(24)37-16-20-21(28)9-6-10-22(20)29)15-31-34-27-32-25(18-7-4-3-5-8-18)19(14-30)26(35)33-27/h3-13,15H,2,16H2,1H3,(H2,32,33,34,35). The maximum Gasteiger partial charge on any atom is 0.270 e. The van der Waals surface area contributed by atoms with Crippen molar-refractivity contribution in [1.29, 1.82) is 5.26 Å². The largest absolute Gasteiger partial charge is 0.490 e. The van der Waals surface area contributed by atoms with Crippen LogP contribution in [0, 0.1) is 11.3 Å². The van der Waals surface area contributed by atoms with E-state index in [1.165, 1.54) is 6.21 Å². The van der Waals surface area contributed by atoms with E-state index in [9.17, 15) is 10.1 Å². The third-order valence-corrected chi connectivity index (χ3v) is 5.87. The van der Waals surface area contributed by atoms with E-state index in [0.717, 1.165) is 0 Å². The minimum Gasteiger partial charge on any atom is -0.490 e. The first kappa shape index (κ1) is 25.8. The normalized spacial score (nSPS) is 10.8. The summed E-state index contributed by atoms with van der Waals surface area (Å²) in [6.07, 6.45) is 1.54. The maximum absolute atomic E-state index is 12.4. The number of hydrogen-bond donors (Lipinski definition) is 2. The summed E-state index contributed by atoms with van der Waals surface area (Å²) in [5.41, 5.74) is 4.38. The lowest BCUT2D eigenvalue weighted by Gasteiger charge is -2.14. The molecule has 10 heteroatoms. The highest BCUT2D eigenvalue weighted by molar-refractivity contribution is 6.35. The van der Waals surface area contributed by atoms with E-state index >= 15 is 0 Å². The molecule has 0 fully saturated rings. The van der Waals surface area contributed by atoms with Crippen LogP contribution in [0.5, 0.6) is 11.5 Å². The predicted molar refractivity (Wildman–Crippen MR) is 145 cm³/mol. The quantitative estimate of drug-likeness (QED) is 0.200. The Hall–Kier alpha value is -4.32. The zero-order valence-corrected chi connectivity index (χ0v) is 21.2. The van der Waals surface area contributed by atoms with Gasteiger partial charge in [0.05, 0.1) is 18.5 Å². The van der Waals surface area contributed by atoms with Crippen LogP contribution in [0.25, 0.3) is 11.3 Å². The number of aromatic amines is 1. The first-order chi connectivity index (χ1) is 18.0. The van der Waals surface area contributed by atoms with Crippen LogP contribution in [0.1, 0.15) is 23.6 Å². The SMILES string of the molecule is CCOc1cc(C=NNc2nc(-c3ccccc3)c(C#N)c(=O)[nH]2)ccc1OCc1c(Cl)cccc1Cl. The van der Waals surface area contributed by atoms with Crippen molar-refractivity contribution < 1.29 is 9.47 Å². The molecule has 4 rings (SSSR count). The average molecular weight is 534 g/mol. The van der Waals surface area contributed by atoms with Gasteiger partial charge in [0.2, 0.25) is 5.95 Å². The summed E-state index contributed by atoms with van der Waals surface area (Å²) in [5, 5.41) is 14.6. The number of halogens is 2. The number of nitrogens with zero attached hydrogens (tertiary/aromatic N) is 3. The number of benzene rings is 3. The van der Waals surface area contributed by atoms with Gasteiger partial charge in [-0.2, -0.15) is 10.4 Å². The topological polar surface area (TPSA) is 112 Å². The molecule has 0 radical (unpaired) electrons. The van der Waals surface area contributed by atoms with E-state index in [-0.39, 0.29) is 23.8 Å². The van der Waals surface area contributed by atoms with Gasteiger partial charge in [0.25, 0.3) is 5.56 Å². The van der Waals surface area contributed by atoms with Crippen molar-refractivity contribution in [3.8, 4) is 28.8 Å². The van der Waals surface area contributed by atoms with Crippen LogP contribution < -0.4 is 20.5 Å². The molecule has 37 heavy (non-hydrogen) atoms. The summed E-state index contributed by atoms with van der Waals surface area (Å²) >= 11 is 12.5. The highest BCUT2D eigenvalue weighted by atomic mass is 35.5. The number of hydrazone groups is 1. The van der Waals surface area contributed by atoms with Crippen LogP contribution in [-0.4, -0.2) is 22.8 Å². The first-order valence-corrected chi connectivity index (χ1v) is 12.0.